The minimum absolute atomic E-state index is 0.00148. The molecule has 5 nitrogen and oxygen atoms in total. The molecule has 0 saturated carbocycles. The van der Waals surface area contributed by atoms with Gasteiger partial charge in [-0.15, -0.1) is 0 Å². The Bertz CT molecular complexity index is 606. The second-order valence-electron chi connectivity index (χ2n) is 5.80. The van der Waals surface area contributed by atoms with Crippen LogP contribution < -0.4 is 5.32 Å². The first kappa shape index (κ1) is 18.0. The Morgan fingerprint density at radius 3 is 2.59 bits per heavy atom. The van der Waals surface area contributed by atoms with Crippen molar-refractivity contribution >= 4 is 12.0 Å². The van der Waals surface area contributed by atoms with Gasteiger partial charge in [-0.25, -0.2) is 0 Å². The molecule has 1 amide bonds. The summed E-state index contributed by atoms with van der Waals surface area (Å²) in [6.07, 6.45) is 1.65. The fourth-order valence-corrected chi connectivity index (χ4v) is 2.59. The van der Waals surface area contributed by atoms with Crippen LogP contribution in [0, 0.1) is 25.2 Å². The monoisotopic (exact) mass is 303 g/mol. The predicted octanol–water partition coefficient (Wildman–Crippen LogP) is 2.74. The lowest BCUT2D eigenvalue weighted by molar-refractivity contribution is -0.117. The van der Waals surface area contributed by atoms with Gasteiger partial charge >= 0.3 is 0 Å². The lowest BCUT2D eigenvalue weighted by Gasteiger charge is -2.17. The van der Waals surface area contributed by atoms with Crippen molar-refractivity contribution in [2.45, 2.75) is 46.7 Å². The summed E-state index contributed by atoms with van der Waals surface area (Å²) in [5, 5.41) is 12.0. The smallest absolute Gasteiger partial charge is 0.262 e. The molecule has 0 spiro atoms. The van der Waals surface area contributed by atoms with E-state index in [1.54, 1.807) is 13.2 Å². The number of hydrogen-bond acceptors (Lipinski definition) is 3. The van der Waals surface area contributed by atoms with Gasteiger partial charge in [0.05, 0.1) is 12.6 Å². The average Bonchev–Trinajstić information content (AvgIpc) is 2.69. The number of methoxy groups -OCH3 is 1. The molecule has 0 aliphatic heterocycles. The largest absolute Gasteiger partial charge is 0.383 e. The number of rotatable bonds is 6. The second kappa shape index (κ2) is 7.81. The van der Waals surface area contributed by atoms with Crippen molar-refractivity contribution < 1.29 is 9.53 Å². The summed E-state index contributed by atoms with van der Waals surface area (Å²) in [6, 6.07) is 4.16. The number of hydrogen-bond donors (Lipinski definition) is 1. The average molecular weight is 303 g/mol. The first-order valence-corrected chi connectivity index (χ1v) is 7.41. The van der Waals surface area contributed by atoms with Gasteiger partial charge in [-0.2, -0.15) is 5.26 Å². The fourth-order valence-electron chi connectivity index (χ4n) is 2.59. The number of carbonyl (C=O) groups is 1. The third-order valence-electron chi connectivity index (χ3n) is 3.46. The molecule has 0 aliphatic rings. The maximum absolute atomic E-state index is 12.0. The Labute approximate surface area is 132 Å². The number of nitriles is 1. The molecule has 120 valence electrons. The highest BCUT2D eigenvalue weighted by atomic mass is 16.5. The second-order valence-corrected chi connectivity index (χ2v) is 5.80. The van der Waals surface area contributed by atoms with Crippen LogP contribution in [0.5, 0.6) is 0 Å². The standard InChI is InChI=1S/C17H25N3O2/c1-11(2)19-17(21)16(9-18)8-15-7-12(3)20(14(15)5)13(4)10-22-6/h7-8,11,13H,10H2,1-6H3,(H,19,21)/b16-8+. The summed E-state index contributed by atoms with van der Waals surface area (Å²) in [6.45, 7) is 10.4. The SMILES string of the molecule is COCC(C)n1c(C)cc(/C=C(\C#N)C(=O)NC(C)C)c1C. The van der Waals surface area contributed by atoms with Crippen LogP contribution in [0.3, 0.4) is 0 Å². The third kappa shape index (κ3) is 4.22. The summed E-state index contributed by atoms with van der Waals surface area (Å²) in [5.41, 5.74) is 3.10. The van der Waals surface area contributed by atoms with Crippen LogP contribution in [0.1, 0.15) is 43.8 Å². The zero-order chi connectivity index (χ0) is 16.9. The van der Waals surface area contributed by atoms with Crippen molar-refractivity contribution in [2.24, 2.45) is 0 Å². The van der Waals surface area contributed by atoms with Crippen molar-refractivity contribution in [1.29, 1.82) is 5.26 Å². The van der Waals surface area contributed by atoms with E-state index in [1.165, 1.54) is 0 Å². The molecule has 0 aromatic carbocycles. The number of aromatic nitrogens is 1. The highest BCUT2D eigenvalue weighted by Gasteiger charge is 2.16. The Kier molecular flexibility index (Phi) is 6.39. The molecule has 1 aromatic rings. The molecule has 1 heterocycles. The number of carbonyl (C=O) groups excluding carboxylic acids is 1. The van der Waals surface area contributed by atoms with E-state index >= 15 is 0 Å². The van der Waals surface area contributed by atoms with Gasteiger partial charge in [-0.05, 0) is 52.3 Å². The zero-order valence-electron chi connectivity index (χ0n) is 14.2. The highest BCUT2D eigenvalue weighted by molar-refractivity contribution is 6.01. The van der Waals surface area contributed by atoms with Crippen molar-refractivity contribution in [1.82, 2.24) is 9.88 Å². The van der Waals surface area contributed by atoms with Gasteiger partial charge in [0.1, 0.15) is 11.6 Å². The maximum atomic E-state index is 12.0. The van der Waals surface area contributed by atoms with Gasteiger partial charge in [-0.1, -0.05) is 0 Å². The molecule has 0 bridgehead atoms. The minimum atomic E-state index is -0.341. The topological polar surface area (TPSA) is 67.0 Å². The van der Waals surface area contributed by atoms with E-state index in [9.17, 15) is 10.1 Å². The van der Waals surface area contributed by atoms with Gasteiger partial charge in [0.2, 0.25) is 0 Å². The van der Waals surface area contributed by atoms with Crippen LogP contribution in [0.2, 0.25) is 0 Å². The number of ether oxygens (including phenoxy) is 1. The van der Waals surface area contributed by atoms with Crippen molar-refractivity contribution in [3.05, 3.63) is 28.6 Å². The van der Waals surface area contributed by atoms with Crippen molar-refractivity contribution in [3.8, 4) is 6.07 Å². The number of nitrogens with one attached hydrogen (secondary N) is 1. The Morgan fingerprint density at radius 2 is 2.09 bits per heavy atom. The molecule has 0 fully saturated rings. The van der Waals surface area contributed by atoms with Crippen LogP contribution in [0.4, 0.5) is 0 Å². The fraction of sp³-hybridized carbons (Fsp3) is 0.529. The van der Waals surface area contributed by atoms with Crippen molar-refractivity contribution in [3.63, 3.8) is 0 Å². The summed E-state index contributed by atoms with van der Waals surface area (Å²) in [7, 11) is 1.68. The van der Waals surface area contributed by atoms with E-state index in [0.29, 0.717) is 6.61 Å². The number of aryl methyl sites for hydroxylation is 1. The molecular weight excluding hydrogens is 278 g/mol. The zero-order valence-corrected chi connectivity index (χ0v) is 14.2. The minimum Gasteiger partial charge on any atom is -0.383 e. The number of amides is 1. The Morgan fingerprint density at radius 1 is 1.45 bits per heavy atom. The molecular formula is C17H25N3O2. The van der Waals surface area contributed by atoms with Gasteiger partial charge < -0.3 is 14.6 Å². The summed E-state index contributed by atoms with van der Waals surface area (Å²) < 4.78 is 7.37. The molecule has 0 radical (unpaired) electrons. The van der Waals surface area contributed by atoms with E-state index in [0.717, 1.165) is 17.0 Å². The lowest BCUT2D eigenvalue weighted by atomic mass is 10.1. The maximum Gasteiger partial charge on any atom is 0.262 e. The molecule has 1 atom stereocenters. The Balaban J connectivity index is 3.17. The van der Waals surface area contributed by atoms with E-state index < -0.39 is 0 Å². The molecule has 1 rings (SSSR count). The summed E-state index contributed by atoms with van der Waals surface area (Å²) in [4.78, 5) is 12.0. The normalized spacial score (nSPS) is 13.1. The molecule has 5 heteroatoms. The highest BCUT2D eigenvalue weighted by Crippen LogP contribution is 2.22. The first-order valence-electron chi connectivity index (χ1n) is 7.41. The van der Waals surface area contributed by atoms with Crippen LogP contribution in [0.15, 0.2) is 11.6 Å². The van der Waals surface area contributed by atoms with E-state index in [4.69, 9.17) is 4.74 Å². The molecule has 0 aliphatic carbocycles. The van der Waals surface area contributed by atoms with Gasteiger partial charge in [-0.3, -0.25) is 4.79 Å². The first-order chi connectivity index (χ1) is 10.3. The lowest BCUT2D eigenvalue weighted by Crippen LogP contribution is -2.30. The predicted molar refractivity (Wildman–Crippen MR) is 87.4 cm³/mol. The molecule has 1 aromatic heterocycles. The van der Waals surface area contributed by atoms with Crippen LogP contribution >= 0.6 is 0 Å². The van der Waals surface area contributed by atoms with Crippen LogP contribution in [-0.4, -0.2) is 30.2 Å². The van der Waals surface area contributed by atoms with E-state index in [2.05, 4.69) is 16.8 Å². The van der Waals surface area contributed by atoms with Crippen LogP contribution in [-0.2, 0) is 9.53 Å². The third-order valence-corrected chi connectivity index (χ3v) is 3.46. The summed E-state index contributed by atoms with van der Waals surface area (Å²) >= 11 is 0. The van der Waals surface area contributed by atoms with Gasteiger partial charge in [0, 0.05) is 24.5 Å². The number of nitrogens with zero attached hydrogens (tertiary/aromatic N) is 2. The van der Waals surface area contributed by atoms with Crippen molar-refractivity contribution in [2.75, 3.05) is 13.7 Å². The van der Waals surface area contributed by atoms with Gasteiger partial charge in [0.25, 0.3) is 5.91 Å². The van der Waals surface area contributed by atoms with Gasteiger partial charge in [0.15, 0.2) is 0 Å². The van der Waals surface area contributed by atoms with E-state index in [1.807, 2.05) is 39.8 Å². The quantitative estimate of drug-likeness (QED) is 0.649. The molecule has 0 saturated heterocycles. The molecule has 1 unspecified atom stereocenters. The molecule has 1 N–H and O–H groups in total. The summed E-state index contributed by atoms with van der Waals surface area (Å²) in [5.74, 6) is -0.341. The molecule has 22 heavy (non-hydrogen) atoms. The van der Waals surface area contributed by atoms with Crippen LogP contribution in [0.25, 0.3) is 6.08 Å². The van der Waals surface area contributed by atoms with E-state index in [-0.39, 0.29) is 23.6 Å². The Hall–Kier alpha value is -2.06.